The number of aliphatic hydroxyl groups is 1. The summed E-state index contributed by atoms with van der Waals surface area (Å²) in [6.45, 7) is 5.69. The molecule has 0 aromatic rings. The first-order valence-electron chi connectivity index (χ1n) is 6.49. The van der Waals surface area contributed by atoms with Crippen molar-refractivity contribution < 1.29 is 13.9 Å². The Bertz CT molecular complexity index is 258. The zero-order valence-corrected chi connectivity index (χ0v) is 11.1. The molecule has 1 fully saturated rings. The van der Waals surface area contributed by atoms with Crippen molar-refractivity contribution >= 4 is 0 Å². The molecule has 2 nitrogen and oxygen atoms in total. The van der Waals surface area contributed by atoms with Crippen LogP contribution in [0.25, 0.3) is 0 Å². The van der Waals surface area contributed by atoms with Crippen molar-refractivity contribution in [2.75, 3.05) is 6.54 Å². The quantitative estimate of drug-likeness (QED) is 0.804. The molecule has 0 saturated heterocycles. The first-order chi connectivity index (χ1) is 7.68. The fourth-order valence-corrected chi connectivity index (χ4v) is 2.72. The Morgan fingerprint density at radius 3 is 2.12 bits per heavy atom. The molecule has 0 bridgehead atoms. The fraction of sp³-hybridized carbons (Fsp3) is 1.00. The number of hydrogen-bond donors (Lipinski definition) is 2. The normalized spacial score (nSPS) is 31.6. The van der Waals surface area contributed by atoms with E-state index in [1.54, 1.807) is 0 Å². The highest BCUT2D eigenvalue weighted by Gasteiger charge is 2.53. The Kier molecular flexibility index (Phi) is 4.20. The van der Waals surface area contributed by atoms with E-state index in [0.29, 0.717) is 18.8 Å². The van der Waals surface area contributed by atoms with E-state index in [9.17, 15) is 13.9 Å². The number of alkyl halides is 2. The van der Waals surface area contributed by atoms with Gasteiger partial charge in [0, 0.05) is 0 Å². The number of halogens is 2. The van der Waals surface area contributed by atoms with Gasteiger partial charge in [0.15, 0.2) is 0 Å². The van der Waals surface area contributed by atoms with Gasteiger partial charge >= 0.3 is 0 Å². The van der Waals surface area contributed by atoms with Crippen molar-refractivity contribution in [3.05, 3.63) is 0 Å². The van der Waals surface area contributed by atoms with Gasteiger partial charge in [0.25, 0.3) is 5.92 Å². The second kappa shape index (κ2) is 4.81. The van der Waals surface area contributed by atoms with Crippen LogP contribution in [0.2, 0.25) is 0 Å². The zero-order valence-electron chi connectivity index (χ0n) is 11.1. The number of nitrogens with two attached hydrogens (primary N) is 1. The van der Waals surface area contributed by atoms with Crippen LogP contribution in [0.4, 0.5) is 8.78 Å². The summed E-state index contributed by atoms with van der Waals surface area (Å²) >= 11 is 0. The summed E-state index contributed by atoms with van der Waals surface area (Å²) in [6, 6.07) is 0. The Morgan fingerprint density at radius 2 is 1.76 bits per heavy atom. The van der Waals surface area contributed by atoms with Crippen LogP contribution in [0.3, 0.4) is 0 Å². The van der Waals surface area contributed by atoms with Gasteiger partial charge in [0.05, 0.1) is 6.54 Å². The first kappa shape index (κ1) is 14.8. The fourth-order valence-electron chi connectivity index (χ4n) is 2.72. The highest BCUT2D eigenvalue weighted by molar-refractivity contribution is 4.98. The molecule has 3 N–H and O–H groups in total. The van der Waals surface area contributed by atoms with Gasteiger partial charge < -0.3 is 10.8 Å². The van der Waals surface area contributed by atoms with E-state index in [2.05, 4.69) is 20.8 Å². The minimum absolute atomic E-state index is 0.158. The molecule has 0 aromatic carbocycles. The molecule has 0 aromatic heterocycles. The zero-order chi connectivity index (χ0) is 13.3. The molecule has 0 radical (unpaired) electrons. The van der Waals surface area contributed by atoms with Crippen LogP contribution in [0.1, 0.15) is 52.9 Å². The van der Waals surface area contributed by atoms with Gasteiger partial charge in [-0.3, -0.25) is 0 Å². The molecule has 1 saturated carbocycles. The minimum atomic E-state index is -3.16. The minimum Gasteiger partial charge on any atom is -0.384 e. The van der Waals surface area contributed by atoms with E-state index in [-0.39, 0.29) is 18.3 Å². The topological polar surface area (TPSA) is 46.2 Å². The van der Waals surface area contributed by atoms with E-state index in [0.717, 1.165) is 6.42 Å². The highest BCUT2D eigenvalue weighted by atomic mass is 19.3. The first-order valence-corrected chi connectivity index (χ1v) is 6.49. The average molecular weight is 249 g/mol. The predicted octanol–water partition coefficient (Wildman–Crippen LogP) is 2.94. The summed E-state index contributed by atoms with van der Waals surface area (Å²) in [6.07, 6.45) is 2.67. The van der Waals surface area contributed by atoms with Crippen LogP contribution in [0, 0.1) is 11.3 Å². The van der Waals surface area contributed by atoms with E-state index in [4.69, 9.17) is 5.73 Å². The summed E-state index contributed by atoms with van der Waals surface area (Å²) in [5, 5.41) is 10.0. The second-order valence-corrected chi connectivity index (χ2v) is 6.06. The van der Waals surface area contributed by atoms with E-state index < -0.39 is 18.1 Å². The van der Waals surface area contributed by atoms with Crippen molar-refractivity contribution in [1.29, 1.82) is 0 Å². The molecule has 0 aliphatic heterocycles. The maximum absolute atomic E-state index is 13.6. The third kappa shape index (κ3) is 2.79. The summed E-state index contributed by atoms with van der Waals surface area (Å²) in [4.78, 5) is 0. The summed E-state index contributed by atoms with van der Waals surface area (Å²) in [5.41, 5.74) is 3.34. The van der Waals surface area contributed by atoms with E-state index in [1.807, 2.05) is 0 Å². The molecule has 0 spiro atoms. The summed E-state index contributed by atoms with van der Waals surface area (Å²) in [7, 11) is 0. The van der Waals surface area contributed by atoms with Gasteiger partial charge in [-0.05, 0) is 37.0 Å². The van der Waals surface area contributed by atoms with Gasteiger partial charge in [0.2, 0.25) is 0 Å². The number of rotatable bonds is 4. The van der Waals surface area contributed by atoms with Crippen LogP contribution >= 0.6 is 0 Å². The Labute approximate surface area is 103 Å². The third-order valence-electron chi connectivity index (χ3n) is 4.77. The van der Waals surface area contributed by atoms with Gasteiger partial charge in [0.1, 0.15) is 5.60 Å². The summed E-state index contributed by atoms with van der Waals surface area (Å²) < 4.78 is 27.1. The molecule has 0 atom stereocenters. The Morgan fingerprint density at radius 1 is 1.29 bits per heavy atom. The molecule has 0 heterocycles. The standard InChI is InChI=1S/C13H25F2NO/c1-4-11(2,3)10-5-7-12(17,8-6-10)13(14,15)9-16/h10,17H,4-9,16H2,1-3H3. The second-order valence-electron chi connectivity index (χ2n) is 6.06. The largest absolute Gasteiger partial charge is 0.384 e. The molecule has 1 rings (SSSR count). The molecule has 1 aliphatic rings. The average Bonchev–Trinajstić information content (AvgIpc) is 2.29. The molecule has 4 heteroatoms. The van der Waals surface area contributed by atoms with Crippen molar-refractivity contribution in [1.82, 2.24) is 0 Å². The maximum atomic E-state index is 13.6. The smallest absolute Gasteiger partial charge is 0.288 e. The SMILES string of the molecule is CCC(C)(C)C1CCC(O)(C(F)(F)CN)CC1. The van der Waals surface area contributed by atoms with Crippen molar-refractivity contribution in [3.63, 3.8) is 0 Å². The number of hydrogen-bond acceptors (Lipinski definition) is 2. The highest BCUT2D eigenvalue weighted by Crippen LogP contribution is 2.47. The Balaban J connectivity index is 2.68. The molecule has 17 heavy (non-hydrogen) atoms. The van der Waals surface area contributed by atoms with Gasteiger partial charge in [-0.15, -0.1) is 0 Å². The summed E-state index contributed by atoms with van der Waals surface area (Å²) in [5.74, 6) is -2.74. The molecular weight excluding hydrogens is 224 g/mol. The van der Waals surface area contributed by atoms with Crippen LogP contribution in [0.5, 0.6) is 0 Å². The van der Waals surface area contributed by atoms with Crippen LogP contribution < -0.4 is 5.73 Å². The lowest BCUT2D eigenvalue weighted by Gasteiger charge is -2.45. The van der Waals surface area contributed by atoms with Crippen LogP contribution in [-0.4, -0.2) is 23.2 Å². The van der Waals surface area contributed by atoms with E-state index in [1.165, 1.54) is 0 Å². The molecule has 0 unspecified atom stereocenters. The maximum Gasteiger partial charge on any atom is 0.288 e. The van der Waals surface area contributed by atoms with Crippen LogP contribution in [-0.2, 0) is 0 Å². The molecule has 0 amide bonds. The molecule has 1 aliphatic carbocycles. The van der Waals surface area contributed by atoms with Gasteiger partial charge in [-0.25, -0.2) is 8.78 Å². The molecule has 102 valence electrons. The van der Waals surface area contributed by atoms with E-state index >= 15 is 0 Å². The van der Waals surface area contributed by atoms with Crippen molar-refractivity contribution in [2.45, 2.75) is 64.4 Å². The lowest BCUT2D eigenvalue weighted by molar-refractivity contribution is -0.196. The van der Waals surface area contributed by atoms with Crippen molar-refractivity contribution in [2.24, 2.45) is 17.1 Å². The monoisotopic (exact) mass is 249 g/mol. The van der Waals surface area contributed by atoms with Gasteiger partial charge in [-0.1, -0.05) is 27.2 Å². The lowest BCUT2D eigenvalue weighted by Crippen LogP contribution is -2.55. The van der Waals surface area contributed by atoms with Gasteiger partial charge in [-0.2, -0.15) is 0 Å². The van der Waals surface area contributed by atoms with Crippen LogP contribution in [0.15, 0.2) is 0 Å². The third-order valence-corrected chi connectivity index (χ3v) is 4.77. The molecular formula is C13H25F2NO. The van der Waals surface area contributed by atoms with Crippen molar-refractivity contribution in [3.8, 4) is 0 Å². The predicted molar refractivity (Wildman–Crippen MR) is 65.0 cm³/mol. The Hall–Kier alpha value is -0.220. The lowest BCUT2D eigenvalue weighted by atomic mass is 9.65.